The standard InChI is InChI=1S/C16H35N3O.ClH/c1-7-13(6)15(17)16(20)18-11-14(10-12(4)5)19(8-2)9-3;/h12-15H,7-11,17H2,1-6H3,(H,18,20);1H. The van der Waals surface area contributed by atoms with Crippen molar-refractivity contribution in [3.8, 4) is 0 Å². The van der Waals surface area contributed by atoms with Gasteiger partial charge in [0.1, 0.15) is 0 Å². The molecule has 0 heterocycles. The maximum absolute atomic E-state index is 12.1. The van der Waals surface area contributed by atoms with Crippen LogP contribution in [0.4, 0.5) is 0 Å². The summed E-state index contributed by atoms with van der Waals surface area (Å²) in [6.45, 7) is 15.6. The lowest BCUT2D eigenvalue weighted by Gasteiger charge is -2.31. The minimum atomic E-state index is -0.392. The Hall–Kier alpha value is -0.320. The Bertz CT molecular complexity index is 270. The van der Waals surface area contributed by atoms with Crippen LogP contribution in [0.5, 0.6) is 0 Å². The quantitative estimate of drug-likeness (QED) is 0.650. The van der Waals surface area contributed by atoms with Gasteiger partial charge in [0.25, 0.3) is 0 Å². The first-order valence-electron chi connectivity index (χ1n) is 8.14. The summed E-state index contributed by atoms with van der Waals surface area (Å²) < 4.78 is 0. The van der Waals surface area contributed by atoms with Gasteiger partial charge >= 0.3 is 0 Å². The number of likely N-dealkylation sites (N-methyl/N-ethyl adjacent to an activating group) is 1. The maximum atomic E-state index is 12.1. The smallest absolute Gasteiger partial charge is 0.237 e. The van der Waals surface area contributed by atoms with Crippen LogP contribution >= 0.6 is 12.4 Å². The van der Waals surface area contributed by atoms with E-state index in [1.165, 1.54) is 0 Å². The van der Waals surface area contributed by atoms with Crippen LogP contribution in [0, 0.1) is 11.8 Å². The Morgan fingerprint density at radius 1 is 1.14 bits per heavy atom. The highest BCUT2D eigenvalue weighted by Gasteiger charge is 2.22. The summed E-state index contributed by atoms with van der Waals surface area (Å²) >= 11 is 0. The number of nitrogens with one attached hydrogen (secondary N) is 1. The molecule has 0 saturated carbocycles. The van der Waals surface area contributed by atoms with Gasteiger partial charge in [-0.2, -0.15) is 0 Å². The van der Waals surface area contributed by atoms with Crippen LogP contribution in [-0.2, 0) is 4.79 Å². The summed E-state index contributed by atoms with van der Waals surface area (Å²) in [5.74, 6) is 0.841. The number of carbonyl (C=O) groups is 1. The number of hydrogen-bond donors (Lipinski definition) is 2. The average Bonchev–Trinajstić information content (AvgIpc) is 2.43. The lowest BCUT2D eigenvalue weighted by Crippen LogP contribution is -2.50. The molecule has 0 aromatic heterocycles. The fourth-order valence-electron chi connectivity index (χ4n) is 2.49. The SMILES string of the molecule is CCC(C)C(N)C(=O)NCC(CC(C)C)N(CC)CC.Cl. The lowest BCUT2D eigenvalue weighted by molar-refractivity contribution is -0.123. The highest BCUT2D eigenvalue weighted by Crippen LogP contribution is 2.11. The summed E-state index contributed by atoms with van der Waals surface area (Å²) in [4.78, 5) is 14.5. The number of hydrogen-bond acceptors (Lipinski definition) is 3. The first-order valence-corrected chi connectivity index (χ1v) is 8.14. The van der Waals surface area contributed by atoms with Gasteiger partial charge in [0.2, 0.25) is 5.91 Å². The third-order valence-corrected chi connectivity index (χ3v) is 4.14. The number of nitrogens with two attached hydrogens (primary N) is 1. The summed E-state index contributed by atoms with van der Waals surface area (Å²) in [5, 5.41) is 3.05. The van der Waals surface area contributed by atoms with Gasteiger partial charge in [-0.1, -0.05) is 48.0 Å². The molecular weight excluding hydrogens is 286 g/mol. The van der Waals surface area contributed by atoms with Crippen LogP contribution < -0.4 is 11.1 Å². The van der Waals surface area contributed by atoms with Crippen LogP contribution in [-0.4, -0.2) is 42.5 Å². The van der Waals surface area contributed by atoms with E-state index in [-0.39, 0.29) is 24.2 Å². The average molecular weight is 322 g/mol. The molecular formula is C16H36ClN3O. The fourth-order valence-corrected chi connectivity index (χ4v) is 2.49. The van der Waals surface area contributed by atoms with Crippen molar-refractivity contribution in [1.29, 1.82) is 0 Å². The van der Waals surface area contributed by atoms with Crippen molar-refractivity contribution in [2.24, 2.45) is 17.6 Å². The molecule has 0 aliphatic heterocycles. The van der Waals surface area contributed by atoms with Gasteiger partial charge in [0.15, 0.2) is 0 Å². The van der Waals surface area contributed by atoms with Gasteiger partial charge in [0.05, 0.1) is 6.04 Å². The minimum absolute atomic E-state index is 0. The van der Waals surface area contributed by atoms with Gasteiger partial charge in [-0.3, -0.25) is 9.69 Å². The normalized spacial score (nSPS) is 15.5. The zero-order valence-electron chi connectivity index (χ0n) is 14.7. The second kappa shape index (κ2) is 12.2. The van der Waals surface area contributed by atoms with Crippen LogP contribution in [0.15, 0.2) is 0 Å². The van der Waals surface area contributed by atoms with E-state index in [1.807, 2.05) is 6.92 Å². The van der Waals surface area contributed by atoms with Crippen molar-refractivity contribution >= 4 is 18.3 Å². The third kappa shape index (κ3) is 8.64. The second-order valence-electron chi connectivity index (χ2n) is 6.16. The topological polar surface area (TPSA) is 58.4 Å². The molecule has 128 valence electrons. The van der Waals surface area contributed by atoms with E-state index < -0.39 is 6.04 Å². The summed E-state index contributed by atoms with van der Waals surface area (Å²) in [6, 6.07) is 0.00878. The van der Waals surface area contributed by atoms with Crippen LogP contribution in [0.2, 0.25) is 0 Å². The Morgan fingerprint density at radius 2 is 1.67 bits per heavy atom. The molecule has 0 fully saturated rings. The third-order valence-electron chi connectivity index (χ3n) is 4.14. The molecule has 0 aromatic rings. The number of nitrogens with zero attached hydrogens (tertiary/aromatic N) is 1. The van der Waals surface area contributed by atoms with Gasteiger partial charge in [0, 0.05) is 12.6 Å². The molecule has 5 heteroatoms. The zero-order valence-corrected chi connectivity index (χ0v) is 15.5. The molecule has 3 unspecified atom stereocenters. The van der Waals surface area contributed by atoms with Gasteiger partial charge in [-0.05, 0) is 31.3 Å². The van der Waals surface area contributed by atoms with E-state index in [2.05, 4.69) is 44.8 Å². The molecule has 3 atom stereocenters. The summed E-state index contributed by atoms with van der Waals surface area (Å²) in [5.41, 5.74) is 5.97. The van der Waals surface area contributed by atoms with Crippen molar-refractivity contribution in [1.82, 2.24) is 10.2 Å². The number of rotatable bonds is 10. The molecule has 4 nitrogen and oxygen atoms in total. The Labute approximate surface area is 137 Å². The summed E-state index contributed by atoms with van der Waals surface area (Å²) in [7, 11) is 0. The predicted molar refractivity (Wildman–Crippen MR) is 93.9 cm³/mol. The molecule has 0 aromatic carbocycles. The Balaban J connectivity index is 0. The van der Waals surface area contributed by atoms with E-state index in [9.17, 15) is 4.79 Å². The Kier molecular flexibility index (Phi) is 13.4. The number of carbonyl (C=O) groups excluding carboxylic acids is 1. The first-order chi connectivity index (χ1) is 9.37. The van der Waals surface area contributed by atoms with Crippen molar-refractivity contribution in [2.45, 2.75) is 66.5 Å². The first kappa shape index (κ1) is 23.0. The van der Waals surface area contributed by atoms with Crippen LogP contribution in [0.3, 0.4) is 0 Å². The highest BCUT2D eigenvalue weighted by atomic mass is 35.5. The van der Waals surface area contributed by atoms with Gasteiger partial charge in [-0.25, -0.2) is 0 Å². The largest absolute Gasteiger partial charge is 0.353 e. The molecule has 0 saturated heterocycles. The molecule has 0 spiro atoms. The second-order valence-corrected chi connectivity index (χ2v) is 6.16. The van der Waals surface area contributed by atoms with Gasteiger partial charge < -0.3 is 11.1 Å². The number of amides is 1. The molecule has 0 aliphatic rings. The van der Waals surface area contributed by atoms with Crippen LogP contribution in [0.25, 0.3) is 0 Å². The predicted octanol–water partition coefficient (Wildman–Crippen LogP) is 2.65. The highest BCUT2D eigenvalue weighted by molar-refractivity contribution is 5.85. The molecule has 21 heavy (non-hydrogen) atoms. The van der Waals surface area contributed by atoms with E-state index in [0.717, 1.165) is 25.9 Å². The minimum Gasteiger partial charge on any atom is -0.353 e. The molecule has 0 radical (unpaired) electrons. The summed E-state index contributed by atoms with van der Waals surface area (Å²) in [6.07, 6.45) is 2.03. The van der Waals surface area contributed by atoms with Crippen molar-refractivity contribution in [2.75, 3.05) is 19.6 Å². The maximum Gasteiger partial charge on any atom is 0.237 e. The van der Waals surface area contributed by atoms with E-state index in [0.29, 0.717) is 18.5 Å². The molecule has 3 N–H and O–H groups in total. The zero-order chi connectivity index (χ0) is 15.7. The lowest BCUT2D eigenvalue weighted by atomic mass is 9.98. The molecule has 0 rings (SSSR count). The Morgan fingerprint density at radius 3 is 2.05 bits per heavy atom. The molecule has 1 amide bonds. The van der Waals surface area contributed by atoms with E-state index >= 15 is 0 Å². The van der Waals surface area contributed by atoms with E-state index in [4.69, 9.17) is 5.73 Å². The monoisotopic (exact) mass is 321 g/mol. The molecule has 0 bridgehead atoms. The van der Waals surface area contributed by atoms with Crippen molar-refractivity contribution < 1.29 is 4.79 Å². The van der Waals surface area contributed by atoms with Crippen molar-refractivity contribution in [3.05, 3.63) is 0 Å². The fraction of sp³-hybridized carbons (Fsp3) is 0.938. The van der Waals surface area contributed by atoms with Crippen molar-refractivity contribution in [3.63, 3.8) is 0 Å². The van der Waals surface area contributed by atoms with E-state index in [1.54, 1.807) is 0 Å². The van der Waals surface area contributed by atoms with Crippen LogP contribution in [0.1, 0.15) is 54.4 Å². The molecule has 0 aliphatic carbocycles. The number of halogens is 1. The van der Waals surface area contributed by atoms with Gasteiger partial charge in [-0.15, -0.1) is 12.4 Å².